The zero-order valence-electron chi connectivity index (χ0n) is 35.7. The molecule has 11 N–H and O–H groups in total. The van der Waals surface area contributed by atoms with Gasteiger partial charge in [-0.1, -0.05) is 13.8 Å². The second-order valence-corrected chi connectivity index (χ2v) is 14.3. The molecule has 19 nitrogen and oxygen atoms in total. The van der Waals surface area contributed by atoms with E-state index in [1.807, 2.05) is 0 Å². The van der Waals surface area contributed by atoms with E-state index in [4.69, 9.17) is 0 Å². The lowest BCUT2D eigenvalue weighted by Crippen LogP contribution is -2.45. The summed E-state index contributed by atoms with van der Waals surface area (Å²) in [4.78, 5) is 84.3. The zero-order chi connectivity index (χ0) is 45.6. The summed E-state index contributed by atoms with van der Waals surface area (Å²) >= 11 is 0. The van der Waals surface area contributed by atoms with Crippen molar-refractivity contribution in [2.45, 2.75) is 86.5 Å². The third kappa shape index (κ3) is 12.1. The predicted octanol–water partition coefficient (Wildman–Crippen LogP) is -1.58. The molecular formula is C41H62N6O13. The van der Waals surface area contributed by atoms with Crippen molar-refractivity contribution in [3.05, 3.63) is 55.6 Å². The molecule has 0 aliphatic carbocycles. The fourth-order valence-electron chi connectivity index (χ4n) is 7.38. The maximum Gasteiger partial charge on any atom is 0.252 e. The maximum absolute atomic E-state index is 13.8. The molecule has 0 fully saturated rings. The van der Waals surface area contributed by atoms with E-state index in [0.717, 1.165) is 0 Å². The van der Waals surface area contributed by atoms with Crippen molar-refractivity contribution in [2.24, 2.45) is 0 Å². The Bertz CT molecular complexity index is 1770. The topological polar surface area (TPSA) is 299 Å². The summed E-state index contributed by atoms with van der Waals surface area (Å²) < 4.78 is 0. The van der Waals surface area contributed by atoms with E-state index in [2.05, 4.69) is 21.3 Å². The molecule has 6 amide bonds. The molecule has 2 rings (SSSR count). The summed E-state index contributed by atoms with van der Waals surface area (Å²) in [6.45, 7) is 8.14. The molecule has 0 radical (unpaired) electrons. The van der Waals surface area contributed by atoms with Gasteiger partial charge in [-0.3, -0.25) is 28.8 Å². The number of benzene rings is 2. The molecule has 0 saturated heterocycles. The lowest BCUT2D eigenvalue weighted by Gasteiger charge is -2.34. The van der Waals surface area contributed by atoms with Gasteiger partial charge in [-0.25, -0.2) is 0 Å². The largest absolute Gasteiger partial charge is 0.395 e. The summed E-state index contributed by atoms with van der Waals surface area (Å²) in [5.74, 6) is -3.97. The number of carbonyl (C=O) groups is 6. The van der Waals surface area contributed by atoms with Crippen LogP contribution in [0.3, 0.4) is 0 Å². The standard InChI is InChI=1S/C41H62N6O13/c1-9-30-34(40(59)44-15-27(54)19-50)21(3)32(38(57)42-11-13-48)23(5)36(30)46(25(7)52)17-29(56)18-47(26(8)53)37-24(6)33(39(58)43-12-14-49)22(4)35(31(37)10-2)41(60)45-16-28(55)20-51/h27-29,48-51,54-56H,9-20H2,1-8H3,(H,42,57)(H,43,58)(H,44,59)(H,45,60). The smallest absolute Gasteiger partial charge is 0.252 e. The first-order chi connectivity index (χ1) is 28.3. The van der Waals surface area contributed by atoms with Gasteiger partial charge in [-0.05, 0) is 73.9 Å². The first kappa shape index (κ1) is 51.1. The van der Waals surface area contributed by atoms with Gasteiger partial charge in [0.05, 0.1) is 69.2 Å². The first-order valence-corrected chi connectivity index (χ1v) is 19.8. The van der Waals surface area contributed by atoms with Crippen LogP contribution in [0.4, 0.5) is 11.4 Å². The Labute approximate surface area is 349 Å². The Balaban J connectivity index is 2.90. The second-order valence-electron chi connectivity index (χ2n) is 14.3. The molecule has 2 atom stereocenters. The number of anilines is 2. The molecule has 2 aromatic carbocycles. The summed E-state index contributed by atoms with van der Waals surface area (Å²) in [7, 11) is 0. The molecule has 60 heavy (non-hydrogen) atoms. The molecule has 0 heterocycles. The monoisotopic (exact) mass is 846 g/mol. The highest BCUT2D eigenvalue weighted by atomic mass is 16.3. The summed E-state index contributed by atoms with van der Waals surface area (Å²) in [5.41, 5.74) is 1.92. The van der Waals surface area contributed by atoms with Gasteiger partial charge in [-0.15, -0.1) is 0 Å². The van der Waals surface area contributed by atoms with Gasteiger partial charge in [0.2, 0.25) is 11.8 Å². The van der Waals surface area contributed by atoms with Crippen molar-refractivity contribution >= 4 is 46.8 Å². The molecule has 0 aliphatic heterocycles. The summed E-state index contributed by atoms with van der Waals surface area (Å²) in [5, 5.41) is 79.5. The summed E-state index contributed by atoms with van der Waals surface area (Å²) in [6.07, 6.45) is -3.83. The molecule has 334 valence electrons. The first-order valence-electron chi connectivity index (χ1n) is 19.8. The molecule has 0 bridgehead atoms. The van der Waals surface area contributed by atoms with Crippen LogP contribution >= 0.6 is 0 Å². The fraction of sp³-hybridized carbons (Fsp3) is 0.561. The molecule has 2 unspecified atom stereocenters. The van der Waals surface area contributed by atoms with Crippen LogP contribution in [0.2, 0.25) is 0 Å². The van der Waals surface area contributed by atoms with Crippen molar-refractivity contribution in [1.82, 2.24) is 21.3 Å². The van der Waals surface area contributed by atoms with Crippen LogP contribution in [0.15, 0.2) is 0 Å². The number of hydrogen-bond acceptors (Lipinski definition) is 13. The number of carbonyl (C=O) groups excluding carboxylic acids is 6. The predicted molar refractivity (Wildman–Crippen MR) is 222 cm³/mol. The molecule has 0 aromatic heterocycles. The Morgan fingerprint density at radius 1 is 0.500 bits per heavy atom. The van der Waals surface area contributed by atoms with Gasteiger partial charge in [0.25, 0.3) is 23.6 Å². The van der Waals surface area contributed by atoms with Gasteiger partial charge in [0.15, 0.2) is 0 Å². The van der Waals surface area contributed by atoms with Gasteiger partial charge in [0, 0.05) is 62.3 Å². The fourth-order valence-corrected chi connectivity index (χ4v) is 7.38. The number of rotatable bonds is 22. The number of nitrogens with one attached hydrogen (secondary N) is 4. The van der Waals surface area contributed by atoms with Crippen LogP contribution in [-0.2, 0) is 22.4 Å². The van der Waals surface area contributed by atoms with Crippen molar-refractivity contribution in [2.75, 3.05) is 75.5 Å². The van der Waals surface area contributed by atoms with E-state index in [1.165, 1.54) is 37.5 Å². The average molecular weight is 847 g/mol. The van der Waals surface area contributed by atoms with Crippen LogP contribution in [0.1, 0.15) is 103 Å². The molecular weight excluding hydrogens is 784 g/mol. The highest BCUT2D eigenvalue weighted by Crippen LogP contribution is 2.38. The lowest BCUT2D eigenvalue weighted by molar-refractivity contribution is -0.117. The highest BCUT2D eigenvalue weighted by molar-refractivity contribution is 6.09. The van der Waals surface area contributed by atoms with Crippen LogP contribution in [0.25, 0.3) is 0 Å². The minimum Gasteiger partial charge on any atom is -0.395 e. The minimum atomic E-state index is -1.54. The molecule has 19 heteroatoms. The third-order valence-electron chi connectivity index (χ3n) is 10.1. The van der Waals surface area contributed by atoms with Crippen LogP contribution in [0.5, 0.6) is 0 Å². The Morgan fingerprint density at radius 3 is 1.08 bits per heavy atom. The van der Waals surface area contributed by atoms with E-state index in [1.54, 1.807) is 27.7 Å². The van der Waals surface area contributed by atoms with Gasteiger partial charge in [-0.2, -0.15) is 0 Å². The molecule has 0 aliphatic rings. The number of amides is 6. The Morgan fingerprint density at radius 2 is 0.817 bits per heavy atom. The number of hydrogen-bond donors (Lipinski definition) is 11. The third-order valence-corrected chi connectivity index (χ3v) is 10.1. The SMILES string of the molecule is CCc1c(C(=O)NCC(O)CO)c(C)c(C(=O)NCCO)c(C)c1N(CC(O)CN(C(C)=O)c1c(C)c(C(=O)NCCO)c(C)c(C(=O)NCC(O)CO)c1CC)C(C)=O. The van der Waals surface area contributed by atoms with Crippen molar-refractivity contribution in [3.8, 4) is 0 Å². The van der Waals surface area contributed by atoms with E-state index >= 15 is 0 Å². The van der Waals surface area contributed by atoms with Gasteiger partial charge < -0.3 is 66.8 Å². The second kappa shape index (κ2) is 23.7. The average Bonchev–Trinajstić information content (AvgIpc) is 3.20. The Kier molecular flexibility index (Phi) is 20.2. The highest BCUT2D eigenvalue weighted by Gasteiger charge is 2.34. The van der Waals surface area contributed by atoms with E-state index in [-0.39, 0.29) is 108 Å². The Hall–Kier alpha value is -5.02. The molecule has 0 saturated carbocycles. The van der Waals surface area contributed by atoms with Gasteiger partial charge in [0.1, 0.15) is 0 Å². The summed E-state index contributed by atoms with van der Waals surface area (Å²) in [6, 6.07) is 0. The molecule has 0 spiro atoms. The number of nitrogens with zero attached hydrogens (tertiary/aromatic N) is 2. The normalized spacial score (nSPS) is 12.6. The van der Waals surface area contributed by atoms with E-state index in [0.29, 0.717) is 11.1 Å². The van der Waals surface area contributed by atoms with Gasteiger partial charge >= 0.3 is 0 Å². The van der Waals surface area contributed by atoms with Crippen LogP contribution < -0.4 is 31.1 Å². The van der Waals surface area contributed by atoms with Crippen LogP contribution in [0, 0.1) is 27.7 Å². The van der Waals surface area contributed by atoms with Crippen molar-refractivity contribution < 1.29 is 64.5 Å². The van der Waals surface area contributed by atoms with Crippen LogP contribution in [-0.4, -0.2) is 155 Å². The minimum absolute atomic E-state index is 0.00988. The zero-order valence-corrected chi connectivity index (χ0v) is 35.7. The molecule has 2 aromatic rings. The lowest BCUT2D eigenvalue weighted by atomic mass is 9.87. The quantitative estimate of drug-likeness (QED) is 0.0639. The number of aliphatic hydroxyl groups excluding tert-OH is 7. The van der Waals surface area contributed by atoms with E-state index < -0.39 is 80.1 Å². The van der Waals surface area contributed by atoms with Crippen molar-refractivity contribution in [1.29, 1.82) is 0 Å². The number of aliphatic hydroxyl groups is 7. The maximum atomic E-state index is 13.8. The van der Waals surface area contributed by atoms with E-state index in [9.17, 15) is 64.5 Å². The van der Waals surface area contributed by atoms with Crippen molar-refractivity contribution in [3.63, 3.8) is 0 Å².